The molecule has 5 heteroatoms. The minimum absolute atomic E-state index is 0.0131. The molecule has 1 aromatic rings. The molecular weight excluding hydrogens is 235 g/mol. The highest BCUT2D eigenvalue weighted by molar-refractivity contribution is 5.80. The summed E-state index contributed by atoms with van der Waals surface area (Å²) in [5.41, 5.74) is 5.88. The summed E-state index contributed by atoms with van der Waals surface area (Å²) in [6.07, 6.45) is -0.949. The first-order valence-electron chi connectivity index (χ1n) is 5.86. The minimum Gasteiger partial charge on any atom is -0.389 e. The highest BCUT2D eigenvalue weighted by atomic mass is 19.1. The molecule has 0 bridgehead atoms. The lowest BCUT2D eigenvalue weighted by atomic mass is 10.1. The van der Waals surface area contributed by atoms with Gasteiger partial charge in [-0.1, -0.05) is 6.07 Å². The van der Waals surface area contributed by atoms with Gasteiger partial charge in [0.25, 0.3) is 0 Å². The minimum atomic E-state index is -0.949. The van der Waals surface area contributed by atoms with E-state index in [4.69, 9.17) is 5.73 Å². The van der Waals surface area contributed by atoms with Crippen LogP contribution in [0.2, 0.25) is 0 Å². The predicted octanol–water partition coefficient (Wildman–Crippen LogP) is 1.58. The Hall–Kier alpha value is -1.62. The topological polar surface area (TPSA) is 66.6 Å². The van der Waals surface area contributed by atoms with E-state index in [9.17, 15) is 14.3 Å². The fourth-order valence-corrected chi connectivity index (χ4v) is 1.90. The number of rotatable bonds is 5. The van der Waals surface area contributed by atoms with E-state index in [1.165, 1.54) is 13.0 Å². The second-order valence-electron chi connectivity index (χ2n) is 4.54. The van der Waals surface area contributed by atoms with E-state index in [1.807, 2.05) is 13.8 Å². The Bertz CT molecular complexity index is 433. The molecule has 1 aromatic carbocycles. The van der Waals surface area contributed by atoms with Crippen LogP contribution in [0.4, 0.5) is 10.1 Å². The molecule has 0 aliphatic heterocycles. The van der Waals surface area contributed by atoms with Crippen LogP contribution >= 0.6 is 0 Å². The quantitative estimate of drug-likeness (QED) is 0.838. The van der Waals surface area contributed by atoms with Gasteiger partial charge in [-0.05, 0) is 32.9 Å². The van der Waals surface area contributed by atoms with Crippen LogP contribution in [-0.2, 0) is 4.79 Å². The molecule has 0 heterocycles. The number of hydrogen-bond acceptors (Lipinski definition) is 3. The van der Waals surface area contributed by atoms with E-state index >= 15 is 0 Å². The maximum Gasteiger partial charge on any atom is 0.236 e. The van der Waals surface area contributed by atoms with Gasteiger partial charge in [-0.2, -0.15) is 0 Å². The third kappa shape index (κ3) is 3.20. The number of carbonyl (C=O) groups excluding carboxylic acids is 1. The first kappa shape index (κ1) is 14.4. The van der Waals surface area contributed by atoms with Crippen molar-refractivity contribution in [3.8, 4) is 0 Å². The van der Waals surface area contributed by atoms with E-state index in [-0.39, 0.29) is 18.2 Å². The van der Waals surface area contributed by atoms with E-state index in [1.54, 1.807) is 17.0 Å². The summed E-state index contributed by atoms with van der Waals surface area (Å²) in [7, 11) is 0. The Kier molecular flexibility index (Phi) is 4.67. The largest absolute Gasteiger partial charge is 0.389 e. The molecule has 18 heavy (non-hydrogen) atoms. The summed E-state index contributed by atoms with van der Waals surface area (Å²) in [5.74, 6) is -0.984. The second kappa shape index (κ2) is 5.82. The third-order valence-corrected chi connectivity index (χ3v) is 2.71. The first-order valence-corrected chi connectivity index (χ1v) is 5.86. The molecule has 0 aliphatic rings. The molecule has 0 unspecified atom stereocenters. The van der Waals surface area contributed by atoms with Crippen molar-refractivity contribution >= 4 is 11.6 Å². The molecule has 0 saturated carbocycles. The number of nitrogens with two attached hydrogens (primary N) is 1. The standard InChI is InChI=1S/C13H19FN2O2/c1-8(2)16(7-12(15)18)11-6-4-5-10(14)13(11)9(3)17/h4-6,8-9,17H,7H2,1-3H3,(H2,15,18)/t9-/m0/s1. The molecule has 0 aliphatic carbocycles. The van der Waals surface area contributed by atoms with Crippen LogP contribution in [0, 0.1) is 5.82 Å². The van der Waals surface area contributed by atoms with Crippen LogP contribution in [-0.4, -0.2) is 23.6 Å². The average molecular weight is 254 g/mol. The Balaban J connectivity index is 3.27. The summed E-state index contributed by atoms with van der Waals surface area (Å²) >= 11 is 0. The molecular formula is C13H19FN2O2. The van der Waals surface area contributed by atoms with Gasteiger partial charge < -0.3 is 15.7 Å². The number of aliphatic hydroxyl groups excluding tert-OH is 1. The van der Waals surface area contributed by atoms with Crippen molar-refractivity contribution in [1.29, 1.82) is 0 Å². The summed E-state index contributed by atoms with van der Waals surface area (Å²) in [6.45, 7) is 5.23. The van der Waals surface area contributed by atoms with Crippen molar-refractivity contribution in [2.45, 2.75) is 32.9 Å². The maximum atomic E-state index is 13.8. The van der Waals surface area contributed by atoms with Crippen molar-refractivity contribution in [3.63, 3.8) is 0 Å². The predicted molar refractivity (Wildman–Crippen MR) is 68.7 cm³/mol. The Morgan fingerprint density at radius 3 is 2.50 bits per heavy atom. The zero-order valence-electron chi connectivity index (χ0n) is 10.9. The van der Waals surface area contributed by atoms with Crippen LogP contribution in [0.15, 0.2) is 18.2 Å². The normalized spacial score (nSPS) is 12.6. The molecule has 0 spiro atoms. The van der Waals surface area contributed by atoms with Gasteiger partial charge in [-0.25, -0.2) is 4.39 Å². The monoisotopic (exact) mass is 254 g/mol. The van der Waals surface area contributed by atoms with Crippen LogP contribution in [0.3, 0.4) is 0 Å². The highest BCUT2D eigenvalue weighted by Gasteiger charge is 2.21. The number of aliphatic hydroxyl groups is 1. The molecule has 0 fully saturated rings. The molecule has 1 rings (SSSR count). The summed E-state index contributed by atoms with van der Waals surface area (Å²) in [4.78, 5) is 12.8. The molecule has 0 aromatic heterocycles. The Morgan fingerprint density at radius 2 is 2.06 bits per heavy atom. The van der Waals surface area contributed by atoms with Gasteiger partial charge in [0.15, 0.2) is 0 Å². The highest BCUT2D eigenvalue weighted by Crippen LogP contribution is 2.29. The number of halogens is 1. The van der Waals surface area contributed by atoms with Crippen LogP contribution in [0.5, 0.6) is 0 Å². The van der Waals surface area contributed by atoms with E-state index in [0.717, 1.165) is 0 Å². The zero-order valence-corrected chi connectivity index (χ0v) is 10.9. The summed E-state index contributed by atoms with van der Waals surface area (Å²) in [6, 6.07) is 4.48. The van der Waals surface area contributed by atoms with Gasteiger partial charge in [0.2, 0.25) is 5.91 Å². The number of primary amides is 1. The summed E-state index contributed by atoms with van der Waals surface area (Å²) < 4.78 is 13.8. The summed E-state index contributed by atoms with van der Waals surface area (Å²) in [5, 5.41) is 9.67. The maximum absolute atomic E-state index is 13.8. The molecule has 1 atom stereocenters. The molecule has 4 nitrogen and oxygen atoms in total. The second-order valence-corrected chi connectivity index (χ2v) is 4.54. The van der Waals surface area contributed by atoms with E-state index < -0.39 is 17.8 Å². The molecule has 1 amide bonds. The number of benzene rings is 1. The Labute approximate surface area is 106 Å². The van der Waals surface area contributed by atoms with Crippen molar-refractivity contribution in [2.75, 3.05) is 11.4 Å². The lowest BCUT2D eigenvalue weighted by Crippen LogP contribution is -2.39. The number of hydrogen-bond donors (Lipinski definition) is 2. The SMILES string of the molecule is CC(C)N(CC(N)=O)c1cccc(F)c1[C@H](C)O. The van der Waals surface area contributed by atoms with E-state index in [0.29, 0.717) is 5.69 Å². The van der Waals surface area contributed by atoms with Gasteiger partial charge in [0.1, 0.15) is 5.82 Å². The third-order valence-electron chi connectivity index (χ3n) is 2.71. The zero-order chi connectivity index (χ0) is 13.9. The lowest BCUT2D eigenvalue weighted by Gasteiger charge is -2.30. The number of carbonyl (C=O) groups is 1. The lowest BCUT2D eigenvalue weighted by molar-refractivity contribution is -0.116. The van der Waals surface area contributed by atoms with Gasteiger partial charge >= 0.3 is 0 Å². The van der Waals surface area contributed by atoms with Gasteiger partial charge in [0.05, 0.1) is 12.6 Å². The number of nitrogens with zero attached hydrogens (tertiary/aromatic N) is 1. The van der Waals surface area contributed by atoms with Crippen molar-refractivity contribution in [2.24, 2.45) is 5.73 Å². The number of amides is 1. The van der Waals surface area contributed by atoms with Crippen molar-refractivity contribution in [1.82, 2.24) is 0 Å². The van der Waals surface area contributed by atoms with Crippen molar-refractivity contribution in [3.05, 3.63) is 29.6 Å². The first-order chi connectivity index (χ1) is 8.34. The Morgan fingerprint density at radius 1 is 1.44 bits per heavy atom. The van der Waals surface area contributed by atoms with Gasteiger partial charge in [-0.15, -0.1) is 0 Å². The fourth-order valence-electron chi connectivity index (χ4n) is 1.90. The van der Waals surface area contributed by atoms with Crippen LogP contribution < -0.4 is 10.6 Å². The molecule has 3 N–H and O–H groups in total. The van der Waals surface area contributed by atoms with Crippen LogP contribution in [0.1, 0.15) is 32.4 Å². The number of anilines is 1. The van der Waals surface area contributed by atoms with Crippen molar-refractivity contribution < 1.29 is 14.3 Å². The van der Waals surface area contributed by atoms with Crippen LogP contribution in [0.25, 0.3) is 0 Å². The molecule has 0 saturated heterocycles. The van der Waals surface area contributed by atoms with Gasteiger partial charge in [-0.3, -0.25) is 4.79 Å². The molecule has 100 valence electrons. The van der Waals surface area contributed by atoms with Gasteiger partial charge in [0, 0.05) is 17.3 Å². The smallest absolute Gasteiger partial charge is 0.236 e. The molecule has 0 radical (unpaired) electrons. The fraction of sp³-hybridized carbons (Fsp3) is 0.462. The average Bonchev–Trinajstić information content (AvgIpc) is 2.24. The van der Waals surface area contributed by atoms with E-state index in [2.05, 4.69) is 0 Å².